The highest BCUT2D eigenvalue weighted by atomic mass is 35.5. The average molecular weight is 230 g/mol. The summed E-state index contributed by atoms with van der Waals surface area (Å²) >= 11 is 6.28. The largest absolute Gasteiger partial charge is 0.317 e. The van der Waals surface area contributed by atoms with Crippen LogP contribution in [-0.2, 0) is 19.9 Å². The topological polar surface area (TPSA) is 29.9 Å². The highest BCUT2D eigenvalue weighted by molar-refractivity contribution is 6.31. The molecule has 15 heavy (non-hydrogen) atoms. The van der Waals surface area contributed by atoms with Crippen molar-refractivity contribution >= 4 is 11.6 Å². The summed E-state index contributed by atoms with van der Waals surface area (Å²) in [5, 5.41) is 8.53. The first-order valence-corrected chi connectivity index (χ1v) is 5.89. The molecule has 1 aromatic rings. The fraction of sp³-hybridized carbons (Fsp3) is 0.727. The first kappa shape index (κ1) is 12.5. The van der Waals surface area contributed by atoms with Gasteiger partial charge in [-0.25, -0.2) is 0 Å². The second-order valence-corrected chi connectivity index (χ2v) is 4.16. The van der Waals surface area contributed by atoms with Gasteiger partial charge in [0.15, 0.2) is 0 Å². The van der Waals surface area contributed by atoms with Gasteiger partial charge in [-0.2, -0.15) is 5.10 Å². The fourth-order valence-electron chi connectivity index (χ4n) is 1.73. The Balaban J connectivity index is 2.88. The summed E-state index contributed by atoms with van der Waals surface area (Å²) in [6, 6.07) is 0.475. The summed E-state index contributed by atoms with van der Waals surface area (Å²) in [7, 11) is 3.95. The SMILES string of the molecule is CCc1nn(C)c(CC(CC)NC)c1Cl. The van der Waals surface area contributed by atoms with Crippen molar-refractivity contribution in [2.75, 3.05) is 7.05 Å². The third-order valence-electron chi connectivity index (χ3n) is 2.84. The number of nitrogens with zero attached hydrogens (tertiary/aromatic N) is 2. The normalized spacial score (nSPS) is 13.1. The van der Waals surface area contributed by atoms with E-state index in [9.17, 15) is 0 Å². The van der Waals surface area contributed by atoms with Crippen molar-refractivity contribution in [2.24, 2.45) is 7.05 Å². The summed E-state index contributed by atoms with van der Waals surface area (Å²) in [5.41, 5.74) is 2.13. The molecule has 0 aliphatic carbocycles. The summed E-state index contributed by atoms with van der Waals surface area (Å²) < 4.78 is 1.90. The van der Waals surface area contributed by atoms with Gasteiger partial charge in [0.25, 0.3) is 0 Å². The molecular weight excluding hydrogens is 210 g/mol. The molecule has 0 aliphatic heterocycles. The lowest BCUT2D eigenvalue weighted by atomic mass is 10.1. The Hall–Kier alpha value is -0.540. The lowest BCUT2D eigenvalue weighted by molar-refractivity contribution is 0.522. The molecule has 0 fully saturated rings. The molecule has 0 aliphatic rings. The summed E-state index contributed by atoms with van der Waals surface area (Å²) in [6.07, 6.45) is 2.93. The number of rotatable bonds is 5. The lowest BCUT2D eigenvalue weighted by Gasteiger charge is -2.13. The first-order valence-electron chi connectivity index (χ1n) is 5.51. The maximum atomic E-state index is 6.28. The molecule has 1 atom stereocenters. The van der Waals surface area contributed by atoms with Crippen molar-refractivity contribution in [1.29, 1.82) is 0 Å². The molecule has 0 spiro atoms. The number of nitrogens with one attached hydrogen (secondary N) is 1. The Labute approximate surface area is 96.8 Å². The average Bonchev–Trinajstić information content (AvgIpc) is 2.51. The van der Waals surface area contributed by atoms with E-state index in [-0.39, 0.29) is 0 Å². The molecule has 4 heteroatoms. The maximum Gasteiger partial charge on any atom is 0.0850 e. The molecule has 1 rings (SSSR count). The van der Waals surface area contributed by atoms with E-state index in [2.05, 4.69) is 24.3 Å². The van der Waals surface area contributed by atoms with Crippen LogP contribution in [0.4, 0.5) is 0 Å². The standard InChI is InChI=1S/C11H20ClN3/c1-5-8(13-3)7-10-11(12)9(6-2)14-15(10)4/h8,13H,5-7H2,1-4H3. The monoisotopic (exact) mass is 229 g/mol. The van der Waals surface area contributed by atoms with Crippen LogP contribution in [0.1, 0.15) is 31.7 Å². The van der Waals surface area contributed by atoms with Crippen LogP contribution in [0.5, 0.6) is 0 Å². The zero-order valence-electron chi connectivity index (χ0n) is 9.97. The molecule has 1 aromatic heterocycles. The predicted octanol–water partition coefficient (Wildman–Crippen LogP) is 2.18. The van der Waals surface area contributed by atoms with Crippen LogP contribution >= 0.6 is 11.6 Å². The summed E-state index contributed by atoms with van der Waals surface area (Å²) in [5.74, 6) is 0. The molecule has 0 amide bonds. The molecule has 86 valence electrons. The lowest BCUT2D eigenvalue weighted by Crippen LogP contribution is -2.27. The van der Waals surface area contributed by atoms with Crippen LogP contribution in [0.2, 0.25) is 5.02 Å². The molecule has 0 aromatic carbocycles. The number of hydrogen-bond donors (Lipinski definition) is 1. The van der Waals surface area contributed by atoms with Crippen molar-refractivity contribution in [3.8, 4) is 0 Å². The van der Waals surface area contributed by atoms with Crippen LogP contribution in [0, 0.1) is 0 Å². The molecule has 0 saturated carbocycles. The van der Waals surface area contributed by atoms with Gasteiger partial charge in [-0.15, -0.1) is 0 Å². The van der Waals surface area contributed by atoms with Crippen LogP contribution in [0.25, 0.3) is 0 Å². The molecule has 3 nitrogen and oxygen atoms in total. The summed E-state index contributed by atoms with van der Waals surface area (Å²) in [6.45, 7) is 4.25. The van der Waals surface area contributed by atoms with Crippen LogP contribution in [0.3, 0.4) is 0 Å². The van der Waals surface area contributed by atoms with Gasteiger partial charge in [-0.1, -0.05) is 25.4 Å². The van der Waals surface area contributed by atoms with Gasteiger partial charge in [-0.3, -0.25) is 4.68 Å². The predicted molar refractivity (Wildman–Crippen MR) is 64.4 cm³/mol. The Morgan fingerprint density at radius 2 is 2.13 bits per heavy atom. The molecule has 1 unspecified atom stereocenters. The Morgan fingerprint density at radius 1 is 1.47 bits per heavy atom. The first-order chi connectivity index (χ1) is 7.13. The summed E-state index contributed by atoms with van der Waals surface area (Å²) in [4.78, 5) is 0. The fourth-order valence-corrected chi connectivity index (χ4v) is 2.10. The van der Waals surface area contributed by atoms with E-state index in [0.29, 0.717) is 6.04 Å². The quantitative estimate of drug-likeness (QED) is 0.839. The van der Waals surface area contributed by atoms with Gasteiger partial charge in [0.1, 0.15) is 0 Å². The van der Waals surface area contributed by atoms with E-state index in [1.165, 1.54) is 0 Å². The number of halogens is 1. The molecule has 1 heterocycles. The number of aryl methyl sites for hydroxylation is 2. The van der Waals surface area contributed by atoms with Gasteiger partial charge in [0.2, 0.25) is 0 Å². The highest BCUT2D eigenvalue weighted by Crippen LogP contribution is 2.22. The van der Waals surface area contributed by atoms with Gasteiger partial charge < -0.3 is 5.32 Å². The molecule has 0 bridgehead atoms. The molecule has 1 N–H and O–H groups in total. The Kier molecular flexibility index (Phi) is 4.61. The number of likely N-dealkylation sites (N-methyl/N-ethyl adjacent to an activating group) is 1. The van der Waals surface area contributed by atoms with Gasteiger partial charge in [0, 0.05) is 19.5 Å². The second kappa shape index (κ2) is 5.52. The third-order valence-corrected chi connectivity index (χ3v) is 3.28. The van der Waals surface area contributed by atoms with E-state index in [4.69, 9.17) is 11.6 Å². The minimum Gasteiger partial charge on any atom is -0.317 e. The van der Waals surface area contributed by atoms with Gasteiger partial charge in [-0.05, 0) is 19.9 Å². The van der Waals surface area contributed by atoms with Crippen molar-refractivity contribution in [1.82, 2.24) is 15.1 Å². The highest BCUT2D eigenvalue weighted by Gasteiger charge is 2.15. The zero-order valence-corrected chi connectivity index (χ0v) is 10.7. The van der Waals surface area contributed by atoms with E-state index in [1.807, 2.05) is 18.8 Å². The molecule has 0 saturated heterocycles. The van der Waals surface area contributed by atoms with Crippen molar-refractivity contribution in [3.05, 3.63) is 16.4 Å². The second-order valence-electron chi connectivity index (χ2n) is 3.78. The Bertz CT molecular complexity index is 316. The zero-order chi connectivity index (χ0) is 11.4. The van der Waals surface area contributed by atoms with Crippen LogP contribution in [0.15, 0.2) is 0 Å². The third kappa shape index (κ3) is 2.73. The molecule has 0 radical (unpaired) electrons. The van der Waals surface area contributed by atoms with E-state index in [1.54, 1.807) is 0 Å². The van der Waals surface area contributed by atoms with E-state index in [0.717, 1.165) is 35.7 Å². The number of aromatic nitrogens is 2. The van der Waals surface area contributed by atoms with Crippen LogP contribution in [-0.4, -0.2) is 22.9 Å². The minimum absolute atomic E-state index is 0.475. The smallest absolute Gasteiger partial charge is 0.0850 e. The van der Waals surface area contributed by atoms with Crippen LogP contribution < -0.4 is 5.32 Å². The van der Waals surface area contributed by atoms with Gasteiger partial charge >= 0.3 is 0 Å². The Morgan fingerprint density at radius 3 is 2.53 bits per heavy atom. The maximum absolute atomic E-state index is 6.28. The number of hydrogen-bond acceptors (Lipinski definition) is 2. The minimum atomic E-state index is 0.475. The van der Waals surface area contributed by atoms with Gasteiger partial charge in [0.05, 0.1) is 16.4 Å². The van der Waals surface area contributed by atoms with Crippen molar-refractivity contribution in [3.63, 3.8) is 0 Å². The van der Waals surface area contributed by atoms with E-state index < -0.39 is 0 Å². The van der Waals surface area contributed by atoms with E-state index >= 15 is 0 Å². The van der Waals surface area contributed by atoms with Crippen molar-refractivity contribution < 1.29 is 0 Å². The van der Waals surface area contributed by atoms with Crippen molar-refractivity contribution in [2.45, 2.75) is 39.2 Å². The molecular formula is C11H20ClN3.